The van der Waals surface area contributed by atoms with Crippen LogP contribution in [0.15, 0.2) is 16.8 Å². The molecule has 0 radical (unpaired) electrons. The summed E-state index contributed by atoms with van der Waals surface area (Å²) in [6.45, 7) is 6.51. The highest BCUT2D eigenvalue weighted by molar-refractivity contribution is 5.93. The second-order valence-corrected chi connectivity index (χ2v) is 6.58. The molecule has 0 saturated carbocycles. The van der Waals surface area contributed by atoms with Crippen LogP contribution in [-0.2, 0) is 0 Å². The van der Waals surface area contributed by atoms with E-state index in [0.29, 0.717) is 42.5 Å². The van der Waals surface area contributed by atoms with Gasteiger partial charge in [0.1, 0.15) is 5.69 Å². The molecular weight excluding hydrogens is 334 g/mol. The summed E-state index contributed by atoms with van der Waals surface area (Å²) >= 11 is 0. The normalized spacial score (nSPS) is 17.7. The van der Waals surface area contributed by atoms with Crippen LogP contribution in [0.5, 0.6) is 0 Å². The Morgan fingerprint density at radius 1 is 1.15 bits per heavy atom. The number of oxazole rings is 1. The summed E-state index contributed by atoms with van der Waals surface area (Å²) in [6.07, 6.45) is 5.35. The average molecular weight is 357 g/mol. The first-order valence-electron chi connectivity index (χ1n) is 8.77. The van der Waals surface area contributed by atoms with Crippen LogP contribution in [0, 0.1) is 20.8 Å². The largest absolute Gasteiger partial charge is 0.436 e. The second-order valence-electron chi connectivity index (χ2n) is 6.58. The summed E-state index contributed by atoms with van der Waals surface area (Å²) < 4.78 is 5.44. The van der Waals surface area contributed by atoms with Crippen molar-refractivity contribution in [3.05, 3.63) is 41.1 Å². The molecule has 3 heterocycles. The van der Waals surface area contributed by atoms with Gasteiger partial charge in [0.15, 0.2) is 5.89 Å². The number of likely N-dealkylation sites (tertiary alicyclic amines) is 1. The summed E-state index contributed by atoms with van der Waals surface area (Å²) in [6, 6.07) is 0.000891. The number of hydrogen-bond donors (Lipinski definition) is 1. The molecule has 2 amide bonds. The van der Waals surface area contributed by atoms with E-state index in [1.54, 1.807) is 24.9 Å². The molecule has 0 aromatic carbocycles. The zero-order valence-electron chi connectivity index (χ0n) is 15.3. The van der Waals surface area contributed by atoms with Crippen LogP contribution < -0.4 is 5.32 Å². The quantitative estimate of drug-likeness (QED) is 0.899. The van der Waals surface area contributed by atoms with E-state index in [4.69, 9.17) is 4.42 Å². The van der Waals surface area contributed by atoms with E-state index in [9.17, 15) is 9.59 Å². The Labute approximate surface area is 152 Å². The van der Waals surface area contributed by atoms with Gasteiger partial charge in [-0.15, -0.1) is 0 Å². The molecule has 0 aliphatic carbocycles. The van der Waals surface area contributed by atoms with Gasteiger partial charge >= 0.3 is 0 Å². The van der Waals surface area contributed by atoms with E-state index in [-0.39, 0.29) is 17.9 Å². The Bertz CT molecular complexity index is 800. The fourth-order valence-electron chi connectivity index (χ4n) is 3.09. The minimum absolute atomic E-state index is 0.000891. The molecule has 1 aliphatic heterocycles. The number of aromatic nitrogens is 3. The van der Waals surface area contributed by atoms with Gasteiger partial charge in [0.25, 0.3) is 11.8 Å². The van der Waals surface area contributed by atoms with Gasteiger partial charge in [0, 0.05) is 32.3 Å². The fourth-order valence-corrected chi connectivity index (χ4v) is 3.09. The molecule has 138 valence electrons. The molecule has 8 heteroatoms. The summed E-state index contributed by atoms with van der Waals surface area (Å²) in [7, 11) is 0. The van der Waals surface area contributed by atoms with Crippen LogP contribution in [0.3, 0.4) is 0 Å². The maximum Gasteiger partial charge on any atom is 0.291 e. The summed E-state index contributed by atoms with van der Waals surface area (Å²) in [5, 5.41) is 2.99. The molecule has 0 unspecified atom stereocenters. The molecular formula is C18H23N5O3. The molecule has 1 N–H and O–H groups in total. The Kier molecular flexibility index (Phi) is 5.29. The number of amides is 2. The van der Waals surface area contributed by atoms with Gasteiger partial charge in [-0.05, 0) is 33.1 Å². The van der Waals surface area contributed by atoms with Crippen molar-refractivity contribution in [3.8, 4) is 0 Å². The first-order chi connectivity index (χ1) is 12.4. The third kappa shape index (κ3) is 4.07. The molecule has 1 aliphatic rings. The average Bonchev–Trinajstić information content (AvgIpc) is 2.81. The summed E-state index contributed by atoms with van der Waals surface area (Å²) in [5.41, 5.74) is 1.68. The van der Waals surface area contributed by atoms with E-state index in [2.05, 4.69) is 20.3 Å². The lowest BCUT2D eigenvalue weighted by atomic mass is 10.1. The monoisotopic (exact) mass is 357 g/mol. The Hall–Kier alpha value is -2.77. The molecule has 1 atom stereocenters. The maximum absolute atomic E-state index is 12.7. The van der Waals surface area contributed by atoms with Crippen molar-refractivity contribution in [3.63, 3.8) is 0 Å². The first kappa shape index (κ1) is 18.0. The fraction of sp³-hybridized carbons (Fsp3) is 0.500. The van der Waals surface area contributed by atoms with Crippen molar-refractivity contribution in [2.24, 2.45) is 0 Å². The molecule has 2 aromatic rings. The molecule has 26 heavy (non-hydrogen) atoms. The highest BCUT2D eigenvalue weighted by Crippen LogP contribution is 2.17. The number of carbonyl (C=O) groups excluding carboxylic acids is 2. The SMILES string of the molecule is Cc1cnc(C(=O)N[C@@H]2CCCN(C(=O)c3oc(C)nc3C)CC2)cn1. The third-order valence-corrected chi connectivity index (χ3v) is 4.46. The van der Waals surface area contributed by atoms with E-state index >= 15 is 0 Å². The molecule has 0 bridgehead atoms. The Morgan fingerprint density at radius 2 is 1.96 bits per heavy atom. The lowest BCUT2D eigenvalue weighted by Crippen LogP contribution is -2.37. The van der Waals surface area contributed by atoms with Gasteiger partial charge in [0.2, 0.25) is 5.76 Å². The highest BCUT2D eigenvalue weighted by Gasteiger charge is 2.26. The lowest BCUT2D eigenvalue weighted by molar-refractivity contribution is 0.0726. The number of hydrogen-bond acceptors (Lipinski definition) is 6. The Morgan fingerprint density at radius 3 is 2.62 bits per heavy atom. The molecule has 1 fully saturated rings. The van der Waals surface area contributed by atoms with Gasteiger partial charge in [-0.3, -0.25) is 14.6 Å². The van der Waals surface area contributed by atoms with Crippen molar-refractivity contribution in [1.82, 2.24) is 25.2 Å². The van der Waals surface area contributed by atoms with Crippen LogP contribution >= 0.6 is 0 Å². The molecule has 8 nitrogen and oxygen atoms in total. The van der Waals surface area contributed by atoms with Crippen molar-refractivity contribution < 1.29 is 14.0 Å². The van der Waals surface area contributed by atoms with Crippen molar-refractivity contribution in [2.45, 2.75) is 46.1 Å². The van der Waals surface area contributed by atoms with Crippen LogP contribution in [0.1, 0.15) is 57.6 Å². The van der Waals surface area contributed by atoms with E-state index in [0.717, 1.165) is 18.5 Å². The minimum atomic E-state index is -0.232. The number of nitrogens with one attached hydrogen (secondary N) is 1. The van der Waals surface area contributed by atoms with Gasteiger partial charge in [-0.1, -0.05) is 0 Å². The molecule has 2 aromatic heterocycles. The van der Waals surface area contributed by atoms with Gasteiger partial charge < -0.3 is 14.6 Å². The highest BCUT2D eigenvalue weighted by atomic mass is 16.4. The van der Waals surface area contributed by atoms with E-state index in [1.807, 2.05) is 6.92 Å². The van der Waals surface area contributed by atoms with E-state index in [1.165, 1.54) is 6.20 Å². The predicted molar refractivity (Wildman–Crippen MR) is 93.8 cm³/mol. The molecule has 1 saturated heterocycles. The first-order valence-corrected chi connectivity index (χ1v) is 8.77. The standard InChI is InChI=1S/C18H23N5O3/c1-11-9-20-15(10-19-11)17(24)22-14-5-4-7-23(8-6-14)18(25)16-12(2)21-13(3)26-16/h9-10,14H,4-8H2,1-3H3,(H,22,24)/t14-/m1/s1. The predicted octanol–water partition coefficient (Wildman–Crippen LogP) is 1.81. The number of rotatable bonds is 3. The summed E-state index contributed by atoms with van der Waals surface area (Å²) in [4.78, 5) is 39.1. The van der Waals surface area contributed by atoms with Crippen LogP contribution in [0.2, 0.25) is 0 Å². The maximum atomic E-state index is 12.7. The topological polar surface area (TPSA) is 101 Å². The minimum Gasteiger partial charge on any atom is -0.436 e. The van der Waals surface area contributed by atoms with E-state index < -0.39 is 0 Å². The lowest BCUT2D eigenvalue weighted by Gasteiger charge is -2.20. The van der Waals surface area contributed by atoms with Gasteiger partial charge in [0.05, 0.1) is 17.6 Å². The van der Waals surface area contributed by atoms with Crippen LogP contribution in [-0.4, -0.2) is 50.8 Å². The zero-order chi connectivity index (χ0) is 18.7. The number of carbonyl (C=O) groups is 2. The number of aryl methyl sites for hydroxylation is 3. The third-order valence-electron chi connectivity index (χ3n) is 4.46. The smallest absolute Gasteiger partial charge is 0.291 e. The van der Waals surface area contributed by atoms with Crippen molar-refractivity contribution >= 4 is 11.8 Å². The zero-order valence-corrected chi connectivity index (χ0v) is 15.3. The van der Waals surface area contributed by atoms with Crippen LogP contribution in [0.4, 0.5) is 0 Å². The Balaban J connectivity index is 1.59. The molecule has 0 spiro atoms. The number of nitrogens with zero attached hydrogens (tertiary/aromatic N) is 4. The summed E-state index contributed by atoms with van der Waals surface area (Å²) in [5.74, 6) is 0.424. The second kappa shape index (κ2) is 7.63. The van der Waals surface area contributed by atoms with Crippen molar-refractivity contribution in [2.75, 3.05) is 13.1 Å². The molecule has 3 rings (SSSR count). The van der Waals surface area contributed by atoms with Crippen LogP contribution in [0.25, 0.3) is 0 Å². The van der Waals surface area contributed by atoms with Crippen molar-refractivity contribution in [1.29, 1.82) is 0 Å². The van der Waals surface area contributed by atoms with Gasteiger partial charge in [-0.2, -0.15) is 0 Å². The van der Waals surface area contributed by atoms with Gasteiger partial charge in [-0.25, -0.2) is 9.97 Å².